The van der Waals surface area contributed by atoms with Crippen LogP contribution in [-0.4, -0.2) is 12.6 Å². The predicted molar refractivity (Wildman–Crippen MR) is 82.4 cm³/mol. The highest BCUT2D eigenvalue weighted by Crippen LogP contribution is 2.28. The molecule has 0 heterocycles. The van der Waals surface area contributed by atoms with Gasteiger partial charge in [0.25, 0.3) is 0 Å². The number of rotatable bonds is 5. The highest BCUT2D eigenvalue weighted by atomic mass is 35.5. The van der Waals surface area contributed by atoms with Crippen molar-refractivity contribution in [1.29, 1.82) is 0 Å². The summed E-state index contributed by atoms with van der Waals surface area (Å²) >= 11 is 12.4. The minimum Gasteiger partial charge on any atom is -0.311 e. The third-order valence-electron chi connectivity index (χ3n) is 2.79. The van der Waals surface area contributed by atoms with Crippen LogP contribution in [0.2, 0.25) is 10.0 Å². The van der Waals surface area contributed by atoms with Crippen LogP contribution >= 0.6 is 23.2 Å². The van der Waals surface area contributed by atoms with E-state index in [9.17, 15) is 0 Å². The normalized spacial score (nSPS) is 12.6. The van der Waals surface area contributed by atoms with Gasteiger partial charge in [-0.2, -0.15) is 0 Å². The van der Waals surface area contributed by atoms with Gasteiger partial charge in [0.05, 0.1) is 0 Å². The van der Waals surface area contributed by atoms with Gasteiger partial charge >= 0.3 is 0 Å². The molecule has 0 aromatic heterocycles. The van der Waals surface area contributed by atoms with Crippen molar-refractivity contribution < 1.29 is 0 Å². The van der Waals surface area contributed by atoms with Gasteiger partial charge < -0.3 is 5.32 Å². The Morgan fingerprint density at radius 2 is 1.72 bits per heavy atom. The number of hydrogen-bond donors (Lipinski definition) is 1. The number of hydrogen-bond acceptors (Lipinski definition) is 1. The molecule has 0 amide bonds. The van der Waals surface area contributed by atoms with E-state index in [-0.39, 0.29) is 0 Å². The fourth-order valence-electron chi connectivity index (χ4n) is 1.58. The van der Waals surface area contributed by atoms with Crippen molar-refractivity contribution in [2.24, 2.45) is 5.92 Å². The summed E-state index contributed by atoms with van der Waals surface area (Å²) in [4.78, 5) is 0. The smallest absolute Gasteiger partial charge is 0.0493 e. The molecule has 0 aliphatic heterocycles. The van der Waals surface area contributed by atoms with E-state index < -0.39 is 0 Å². The van der Waals surface area contributed by atoms with Crippen molar-refractivity contribution in [2.45, 2.75) is 33.7 Å². The van der Waals surface area contributed by atoms with Gasteiger partial charge in [-0.15, -0.1) is 0 Å². The van der Waals surface area contributed by atoms with Crippen molar-refractivity contribution in [3.05, 3.63) is 39.4 Å². The molecule has 3 heteroatoms. The molecule has 0 unspecified atom stereocenters. The van der Waals surface area contributed by atoms with Crippen molar-refractivity contribution in [2.75, 3.05) is 6.54 Å². The monoisotopic (exact) mass is 285 g/mol. The van der Waals surface area contributed by atoms with E-state index >= 15 is 0 Å². The molecule has 0 spiro atoms. The molecule has 1 N–H and O–H groups in total. The van der Waals surface area contributed by atoms with Crippen molar-refractivity contribution >= 4 is 29.3 Å². The molecule has 0 radical (unpaired) electrons. The highest BCUT2D eigenvalue weighted by molar-refractivity contribution is 6.37. The summed E-state index contributed by atoms with van der Waals surface area (Å²) in [6.07, 6.45) is 2.10. The highest BCUT2D eigenvalue weighted by Gasteiger charge is 2.08. The SMILES string of the molecule is CC(C)NCC(=Cc1c(Cl)cccc1Cl)C(C)C. The van der Waals surface area contributed by atoms with Crippen LogP contribution < -0.4 is 5.32 Å². The summed E-state index contributed by atoms with van der Waals surface area (Å²) in [7, 11) is 0. The average Bonchev–Trinajstić information content (AvgIpc) is 2.26. The molecule has 0 saturated carbocycles. The second kappa shape index (κ2) is 7.18. The third-order valence-corrected chi connectivity index (χ3v) is 3.44. The van der Waals surface area contributed by atoms with Crippen LogP contribution in [0.4, 0.5) is 0 Å². The van der Waals surface area contributed by atoms with Gasteiger partial charge in [-0.25, -0.2) is 0 Å². The maximum Gasteiger partial charge on any atom is 0.0493 e. The Morgan fingerprint density at radius 1 is 1.17 bits per heavy atom. The van der Waals surface area contributed by atoms with Gasteiger partial charge in [-0.3, -0.25) is 0 Å². The molecule has 1 nitrogen and oxygen atoms in total. The van der Waals surface area contributed by atoms with E-state index in [1.54, 1.807) is 0 Å². The number of benzene rings is 1. The second-order valence-corrected chi connectivity index (χ2v) is 5.86. The molecule has 18 heavy (non-hydrogen) atoms. The minimum absolute atomic E-state index is 0.462. The molecule has 0 bridgehead atoms. The van der Waals surface area contributed by atoms with E-state index in [1.165, 1.54) is 5.57 Å². The number of nitrogens with one attached hydrogen (secondary N) is 1. The molecule has 1 aromatic carbocycles. The summed E-state index contributed by atoms with van der Waals surface area (Å²) in [6, 6.07) is 6.07. The van der Waals surface area contributed by atoms with Gasteiger partial charge in [-0.1, -0.05) is 68.6 Å². The van der Waals surface area contributed by atoms with Crippen LogP contribution in [0.25, 0.3) is 6.08 Å². The summed E-state index contributed by atoms with van der Waals surface area (Å²) in [5.41, 5.74) is 2.22. The quantitative estimate of drug-likeness (QED) is 0.800. The zero-order valence-electron chi connectivity index (χ0n) is 11.4. The Bertz CT molecular complexity index is 402. The molecule has 0 aliphatic carbocycles. The Morgan fingerprint density at radius 3 is 2.17 bits per heavy atom. The average molecular weight is 286 g/mol. The molecular formula is C15H21Cl2N. The van der Waals surface area contributed by atoms with E-state index in [0.29, 0.717) is 22.0 Å². The van der Waals surface area contributed by atoms with Crippen molar-refractivity contribution in [1.82, 2.24) is 5.32 Å². The lowest BCUT2D eigenvalue weighted by Crippen LogP contribution is -2.26. The van der Waals surface area contributed by atoms with Crippen LogP contribution in [0.3, 0.4) is 0 Å². The van der Waals surface area contributed by atoms with Gasteiger partial charge in [0.15, 0.2) is 0 Å². The summed E-state index contributed by atoms with van der Waals surface area (Å²) in [5.74, 6) is 0.462. The van der Waals surface area contributed by atoms with Crippen LogP contribution in [0.15, 0.2) is 23.8 Å². The van der Waals surface area contributed by atoms with Crippen LogP contribution in [0, 0.1) is 5.92 Å². The molecule has 0 saturated heterocycles. The second-order valence-electron chi connectivity index (χ2n) is 5.04. The third kappa shape index (κ3) is 4.64. The van der Waals surface area contributed by atoms with E-state index in [0.717, 1.165) is 12.1 Å². The van der Waals surface area contributed by atoms with Gasteiger partial charge in [0.2, 0.25) is 0 Å². The summed E-state index contributed by atoms with van der Waals surface area (Å²) < 4.78 is 0. The van der Waals surface area contributed by atoms with Gasteiger partial charge in [-0.05, 0) is 18.1 Å². The van der Waals surface area contributed by atoms with Crippen LogP contribution in [0.1, 0.15) is 33.3 Å². The van der Waals surface area contributed by atoms with E-state index in [1.807, 2.05) is 18.2 Å². The first kappa shape index (κ1) is 15.6. The van der Waals surface area contributed by atoms with Gasteiger partial charge in [0.1, 0.15) is 0 Å². The molecule has 0 atom stereocenters. The van der Waals surface area contributed by atoms with Crippen LogP contribution in [-0.2, 0) is 0 Å². The molecule has 1 rings (SSSR count). The molecule has 100 valence electrons. The predicted octanol–water partition coefficient (Wildman–Crippen LogP) is 5.03. The number of halogens is 2. The Kier molecular flexibility index (Phi) is 6.20. The lowest BCUT2D eigenvalue weighted by atomic mass is 10.00. The molecular weight excluding hydrogens is 265 g/mol. The fourth-order valence-corrected chi connectivity index (χ4v) is 2.08. The zero-order chi connectivity index (χ0) is 13.7. The lowest BCUT2D eigenvalue weighted by Gasteiger charge is -2.15. The fraction of sp³-hybridized carbons (Fsp3) is 0.467. The first-order valence-corrected chi connectivity index (χ1v) is 7.05. The van der Waals surface area contributed by atoms with E-state index in [4.69, 9.17) is 23.2 Å². The molecule has 0 fully saturated rings. The van der Waals surface area contributed by atoms with Crippen molar-refractivity contribution in [3.63, 3.8) is 0 Å². The van der Waals surface area contributed by atoms with Gasteiger partial charge in [0, 0.05) is 28.2 Å². The zero-order valence-corrected chi connectivity index (χ0v) is 12.9. The first-order chi connectivity index (χ1) is 8.41. The molecule has 0 aliphatic rings. The Balaban J connectivity index is 3.01. The maximum atomic E-state index is 6.19. The molecule has 1 aromatic rings. The topological polar surface area (TPSA) is 12.0 Å². The Labute approximate surface area is 120 Å². The Hall–Kier alpha value is -0.500. The standard InChI is InChI=1S/C15H21Cl2N/c1-10(2)12(9-18-11(3)4)8-13-14(16)6-5-7-15(13)17/h5-8,10-11,18H,9H2,1-4H3. The maximum absolute atomic E-state index is 6.19. The van der Waals surface area contributed by atoms with E-state index in [2.05, 4.69) is 39.1 Å². The summed E-state index contributed by atoms with van der Waals surface area (Å²) in [5, 5.41) is 4.83. The van der Waals surface area contributed by atoms with Crippen molar-refractivity contribution in [3.8, 4) is 0 Å². The first-order valence-electron chi connectivity index (χ1n) is 6.29. The lowest BCUT2D eigenvalue weighted by molar-refractivity contribution is 0.593. The van der Waals surface area contributed by atoms with Crippen LogP contribution in [0.5, 0.6) is 0 Å². The largest absolute Gasteiger partial charge is 0.311 e. The minimum atomic E-state index is 0.462. The summed E-state index contributed by atoms with van der Waals surface area (Å²) in [6.45, 7) is 9.49.